The molecule has 0 aliphatic carbocycles. The number of halogens is 2. The first-order valence-corrected chi connectivity index (χ1v) is 8.14. The average molecular weight is 344 g/mol. The highest BCUT2D eigenvalue weighted by molar-refractivity contribution is 5.95. The van der Waals surface area contributed by atoms with Gasteiger partial charge in [-0.25, -0.2) is 8.78 Å². The topological polar surface area (TPSA) is 49.4 Å². The Kier molecular flexibility index (Phi) is 5.07. The van der Waals surface area contributed by atoms with Crippen molar-refractivity contribution in [2.45, 2.75) is 12.8 Å². The molecule has 1 heterocycles. The number of hydrogen-bond acceptors (Lipinski definition) is 2. The van der Waals surface area contributed by atoms with Gasteiger partial charge in [-0.1, -0.05) is 6.07 Å². The van der Waals surface area contributed by atoms with Gasteiger partial charge in [0.2, 0.25) is 5.91 Å². The summed E-state index contributed by atoms with van der Waals surface area (Å²) in [5.74, 6) is -1.34. The van der Waals surface area contributed by atoms with Crippen LogP contribution in [0.2, 0.25) is 0 Å². The minimum absolute atomic E-state index is 0.163. The van der Waals surface area contributed by atoms with Crippen LogP contribution in [-0.2, 0) is 4.79 Å². The standard InChI is InChI=1S/C19H18F2N2O2/c20-15-6-4-14(5-7-15)19(25)23-10-8-13(9-11-23)18(24)22-17-3-1-2-16(21)12-17/h1-7,12-13H,8-11H2,(H,22,24). The van der Waals surface area contributed by atoms with Crippen molar-refractivity contribution in [3.63, 3.8) is 0 Å². The van der Waals surface area contributed by atoms with Gasteiger partial charge in [-0.15, -0.1) is 0 Å². The SMILES string of the molecule is O=C(Nc1cccc(F)c1)C1CCN(C(=O)c2ccc(F)cc2)CC1. The minimum Gasteiger partial charge on any atom is -0.339 e. The van der Waals surface area contributed by atoms with Crippen LogP contribution in [0.15, 0.2) is 48.5 Å². The van der Waals surface area contributed by atoms with Gasteiger partial charge in [-0.2, -0.15) is 0 Å². The second-order valence-corrected chi connectivity index (χ2v) is 6.07. The van der Waals surface area contributed by atoms with Crippen LogP contribution in [0.25, 0.3) is 0 Å². The molecule has 0 aromatic heterocycles. The summed E-state index contributed by atoms with van der Waals surface area (Å²) in [4.78, 5) is 26.3. The van der Waals surface area contributed by atoms with Crippen molar-refractivity contribution < 1.29 is 18.4 Å². The second kappa shape index (κ2) is 7.42. The van der Waals surface area contributed by atoms with E-state index < -0.39 is 5.82 Å². The Morgan fingerprint density at radius 1 is 0.960 bits per heavy atom. The molecule has 130 valence electrons. The molecule has 1 fully saturated rings. The Labute approximate surface area is 144 Å². The van der Waals surface area contributed by atoms with Crippen LogP contribution in [0.5, 0.6) is 0 Å². The number of benzene rings is 2. The summed E-state index contributed by atoms with van der Waals surface area (Å²) in [7, 11) is 0. The Hall–Kier alpha value is -2.76. The van der Waals surface area contributed by atoms with E-state index in [0.29, 0.717) is 37.2 Å². The lowest BCUT2D eigenvalue weighted by atomic mass is 9.95. The number of rotatable bonds is 3. The molecule has 0 radical (unpaired) electrons. The van der Waals surface area contributed by atoms with Crippen LogP contribution in [0.1, 0.15) is 23.2 Å². The summed E-state index contributed by atoms with van der Waals surface area (Å²) in [6.45, 7) is 0.912. The maximum atomic E-state index is 13.2. The fraction of sp³-hybridized carbons (Fsp3) is 0.263. The summed E-state index contributed by atoms with van der Waals surface area (Å²) < 4.78 is 26.1. The van der Waals surface area contributed by atoms with Crippen LogP contribution in [0.3, 0.4) is 0 Å². The molecule has 2 amide bonds. The first-order chi connectivity index (χ1) is 12.0. The molecule has 0 atom stereocenters. The van der Waals surface area contributed by atoms with Crippen molar-refractivity contribution in [3.8, 4) is 0 Å². The van der Waals surface area contributed by atoms with Crippen molar-refractivity contribution in [1.29, 1.82) is 0 Å². The van der Waals surface area contributed by atoms with Gasteiger partial charge in [0.25, 0.3) is 5.91 Å². The van der Waals surface area contributed by atoms with Gasteiger partial charge in [0, 0.05) is 30.3 Å². The Morgan fingerprint density at radius 2 is 1.64 bits per heavy atom. The van der Waals surface area contributed by atoms with Gasteiger partial charge in [-0.3, -0.25) is 9.59 Å². The Bertz CT molecular complexity index is 769. The molecule has 1 N–H and O–H groups in total. The van der Waals surface area contributed by atoms with Gasteiger partial charge in [-0.05, 0) is 55.3 Å². The molecule has 4 nitrogen and oxygen atoms in total. The van der Waals surface area contributed by atoms with E-state index in [1.165, 1.54) is 42.5 Å². The lowest BCUT2D eigenvalue weighted by Gasteiger charge is -2.31. The maximum absolute atomic E-state index is 13.2. The number of carbonyl (C=O) groups excluding carboxylic acids is 2. The number of anilines is 1. The predicted octanol–water partition coefficient (Wildman–Crippen LogP) is 3.46. The molecule has 6 heteroatoms. The van der Waals surface area contributed by atoms with Gasteiger partial charge in [0.1, 0.15) is 11.6 Å². The van der Waals surface area contributed by atoms with Crippen LogP contribution in [0.4, 0.5) is 14.5 Å². The van der Waals surface area contributed by atoms with E-state index in [2.05, 4.69) is 5.32 Å². The molecular weight excluding hydrogens is 326 g/mol. The number of amides is 2. The van der Waals surface area contributed by atoms with E-state index in [1.807, 2.05) is 0 Å². The fourth-order valence-corrected chi connectivity index (χ4v) is 2.93. The molecule has 1 aliphatic rings. The highest BCUT2D eigenvalue weighted by atomic mass is 19.1. The highest BCUT2D eigenvalue weighted by Crippen LogP contribution is 2.21. The molecule has 0 unspecified atom stereocenters. The summed E-state index contributed by atoms with van der Waals surface area (Å²) in [5.41, 5.74) is 0.860. The number of carbonyl (C=O) groups is 2. The van der Waals surface area contributed by atoms with E-state index in [-0.39, 0.29) is 23.5 Å². The molecule has 1 saturated heterocycles. The molecule has 0 spiro atoms. The first kappa shape index (κ1) is 17.1. The van der Waals surface area contributed by atoms with Crippen molar-refractivity contribution in [2.24, 2.45) is 5.92 Å². The van der Waals surface area contributed by atoms with Crippen LogP contribution < -0.4 is 5.32 Å². The minimum atomic E-state index is -0.405. The van der Waals surface area contributed by atoms with Gasteiger partial charge >= 0.3 is 0 Å². The molecule has 1 aliphatic heterocycles. The average Bonchev–Trinajstić information content (AvgIpc) is 2.62. The fourth-order valence-electron chi connectivity index (χ4n) is 2.93. The van der Waals surface area contributed by atoms with Gasteiger partial charge < -0.3 is 10.2 Å². The third kappa shape index (κ3) is 4.21. The summed E-state index contributed by atoms with van der Waals surface area (Å²) >= 11 is 0. The predicted molar refractivity (Wildman–Crippen MR) is 90.1 cm³/mol. The lowest BCUT2D eigenvalue weighted by molar-refractivity contribution is -0.121. The molecule has 25 heavy (non-hydrogen) atoms. The van der Waals surface area contributed by atoms with E-state index in [9.17, 15) is 18.4 Å². The lowest BCUT2D eigenvalue weighted by Crippen LogP contribution is -2.41. The molecule has 3 rings (SSSR count). The van der Waals surface area contributed by atoms with E-state index in [1.54, 1.807) is 11.0 Å². The smallest absolute Gasteiger partial charge is 0.253 e. The number of piperidine rings is 1. The van der Waals surface area contributed by atoms with Gasteiger partial charge in [0.05, 0.1) is 0 Å². The van der Waals surface area contributed by atoms with Crippen LogP contribution >= 0.6 is 0 Å². The molecule has 2 aromatic rings. The highest BCUT2D eigenvalue weighted by Gasteiger charge is 2.27. The molecule has 0 saturated carbocycles. The summed E-state index contributed by atoms with van der Waals surface area (Å²) in [6, 6.07) is 11.2. The second-order valence-electron chi connectivity index (χ2n) is 6.07. The van der Waals surface area contributed by atoms with Crippen LogP contribution in [0, 0.1) is 17.6 Å². The Morgan fingerprint density at radius 3 is 2.28 bits per heavy atom. The molecule has 0 bridgehead atoms. The zero-order chi connectivity index (χ0) is 17.8. The molecule has 2 aromatic carbocycles. The normalized spacial score (nSPS) is 15.0. The Balaban J connectivity index is 1.55. The zero-order valence-electron chi connectivity index (χ0n) is 13.5. The number of nitrogens with one attached hydrogen (secondary N) is 1. The summed E-state index contributed by atoms with van der Waals surface area (Å²) in [6.07, 6.45) is 1.07. The van der Waals surface area contributed by atoms with E-state index >= 15 is 0 Å². The third-order valence-corrected chi connectivity index (χ3v) is 4.34. The van der Waals surface area contributed by atoms with Crippen molar-refractivity contribution in [1.82, 2.24) is 4.90 Å². The summed E-state index contributed by atoms with van der Waals surface area (Å²) in [5, 5.41) is 2.71. The first-order valence-electron chi connectivity index (χ1n) is 8.14. The zero-order valence-corrected chi connectivity index (χ0v) is 13.5. The van der Waals surface area contributed by atoms with Gasteiger partial charge in [0.15, 0.2) is 0 Å². The monoisotopic (exact) mass is 344 g/mol. The van der Waals surface area contributed by atoms with Crippen molar-refractivity contribution in [3.05, 3.63) is 65.7 Å². The van der Waals surface area contributed by atoms with Crippen molar-refractivity contribution >= 4 is 17.5 Å². The largest absolute Gasteiger partial charge is 0.339 e. The maximum Gasteiger partial charge on any atom is 0.253 e. The number of nitrogens with zero attached hydrogens (tertiary/aromatic N) is 1. The third-order valence-electron chi connectivity index (χ3n) is 4.34. The number of likely N-dealkylation sites (tertiary alicyclic amines) is 1. The van der Waals surface area contributed by atoms with Crippen LogP contribution in [-0.4, -0.2) is 29.8 Å². The van der Waals surface area contributed by atoms with Crippen molar-refractivity contribution in [2.75, 3.05) is 18.4 Å². The van der Waals surface area contributed by atoms with E-state index in [0.717, 1.165) is 0 Å². The molecular formula is C19H18F2N2O2. The number of hydrogen-bond donors (Lipinski definition) is 1. The van der Waals surface area contributed by atoms with E-state index in [4.69, 9.17) is 0 Å². The quantitative estimate of drug-likeness (QED) is 0.927.